The number of rotatable bonds is 6. The van der Waals surface area contributed by atoms with Crippen molar-refractivity contribution < 1.29 is 17.9 Å². The molecular weight excluding hydrogens is 278 g/mol. The quantitative estimate of drug-likeness (QED) is 0.753. The zero-order valence-corrected chi connectivity index (χ0v) is 13.8. The summed E-state index contributed by atoms with van der Waals surface area (Å²) >= 11 is 0. The second kappa shape index (κ2) is 6.89. The average Bonchev–Trinajstić information content (AvgIpc) is 2.31. The van der Waals surface area contributed by atoms with E-state index in [1.165, 1.54) is 0 Å². The maximum absolute atomic E-state index is 12.5. The molecule has 0 aromatic rings. The number of ether oxygens (including phenoxy) is 1. The van der Waals surface area contributed by atoms with E-state index in [4.69, 9.17) is 4.74 Å². The highest BCUT2D eigenvalue weighted by atomic mass is 32.2. The summed E-state index contributed by atoms with van der Waals surface area (Å²) in [6.45, 7) is 8.76. The lowest BCUT2D eigenvalue weighted by atomic mass is 9.75. The van der Waals surface area contributed by atoms with Gasteiger partial charge in [0.15, 0.2) is 9.84 Å². The lowest BCUT2D eigenvalue weighted by Crippen LogP contribution is -2.51. The summed E-state index contributed by atoms with van der Waals surface area (Å²) in [7, 11) is -3.48. The van der Waals surface area contributed by atoms with Gasteiger partial charge in [0.2, 0.25) is 0 Å². The minimum atomic E-state index is -3.48. The molecule has 5 nitrogen and oxygen atoms in total. The first-order valence-electron chi connectivity index (χ1n) is 7.32. The minimum Gasteiger partial charge on any atom is -0.465 e. The zero-order chi connectivity index (χ0) is 15.4. The maximum Gasteiger partial charge on any atom is 0.321 e. The maximum atomic E-state index is 12.5. The van der Waals surface area contributed by atoms with Gasteiger partial charge in [-0.3, -0.25) is 4.79 Å². The van der Waals surface area contributed by atoms with Crippen LogP contribution in [0.4, 0.5) is 0 Å². The van der Waals surface area contributed by atoms with Crippen molar-refractivity contribution >= 4 is 15.8 Å². The van der Waals surface area contributed by atoms with Crippen LogP contribution < -0.4 is 5.32 Å². The van der Waals surface area contributed by atoms with Gasteiger partial charge in [0.25, 0.3) is 0 Å². The second-order valence-corrected chi connectivity index (χ2v) is 8.44. The van der Waals surface area contributed by atoms with E-state index < -0.39 is 26.8 Å². The number of hydrogen-bond acceptors (Lipinski definition) is 5. The van der Waals surface area contributed by atoms with Crippen LogP contribution in [0.25, 0.3) is 0 Å². The molecule has 0 saturated heterocycles. The number of nitrogens with one attached hydrogen (secondary N) is 1. The molecule has 0 aromatic heterocycles. The highest BCUT2D eigenvalue weighted by Crippen LogP contribution is 2.38. The Kier molecular flexibility index (Phi) is 6.01. The van der Waals surface area contributed by atoms with Crippen LogP contribution in [0.1, 0.15) is 47.0 Å². The van der Waals surface area contributed by atoms with Gasteiger partial charge in [-0.2, -0.15) is 0 Å². The highest BCUT2D eigenvalue weighted by molar-refractivity contribution is 7.92. The summed E-state index contributed by atoms with van der Waals surface area (Å²) in [5.41, 5.74) is -0.00167. The monoisotopic (exact) mass is 305 g/mol. The lowest BCUT2D eigenvalue weighted by Gasteiger charge is -2.40. The molecule has 1 aliphatic rings. The van der Waals surface area contributed by atoms with E-state index in [1.54, 1.807) is 6.92 Å². The van der Waals surface area contributed by atoms with Crippen molar-refractivity contribution in [3.63, 3.8) is 0 Å². The molecule has 1 saturated carbocycles. The van der Waals surface area contributed by atoms with Crippen molar-refractivity contribution in [2.75, 3.05) is 18.9 Å². The molecule has 2 unspecified atom stereocenters. The van der Waals surface area contributed by atoms with E-state index >= 15 is 0 Å². The molecule has 0 amide bonds. The third-order valence-corrected chi connectivity index (χ3v) is 5.94. The minimum absolute atomic E-state index is 0.00167. The van der Waals surface area contributed by atoms with Crippen molar-refractivity contribution in [1.29, 1.82) is 0 Å². The Balaban J connectivity index is 2.88. The number of carbonyl (C=O) groups is 1. The van der Waals surface area contributed by atoms with Crippen LogP contribution in [-0.4, -0.2) is 44.6 Å². The molecule has 1 aliphatic carbocycles. The Morgan fingerprint density at radius 3 is 2.55 bits per heavy atom. The molecule has 2 atom stereocenters. The summed E-state index contributed by atoms with van der Waals surface area (Å²) in [4.78, 5) is 11.5. The fraction of sp³-hybridized carbons (Fsp3) is 0.929. The molecule has 6 heteroatoms. The summed E-state index contributed by atoms with van der Waals surface area (Å²) in [6.07, 6.45) is 2.41. The zero-order valence-electron chi connectivity index (χ0n) is 12.9. The molecule has 0 radical (unpaired) electrons. The van der Waals surface area contributed by atoms with Gasteiger partial charge in [-0.1, -0.05) is 20.8 Å². The summed E-state index contributed by atoms with van der Waals surface area (Å²) in [6, 6.07) is -0.0625. The van der Waals surface area contributed by atoms with Crippen molar-refractivity contribution in [2.24, 2.45) is 5.41 Å². The van der Waals surface area contributed by atoms with Crippen molar-refractivity contribution in [3.8, 4) is 0 Å². The van der Waals surface area contributed by atoms with E-state index in [-0.39, 0.29) is 18.1 Å². The van der Waals surface area contributed by atoms with Gasteiger partial charge in [0.1, 0.15) is 5.75 Å². The Morgan fingerprint density at radius 1 is 1.35 bits per heavy atom. The van der Waals surface area contributed by atoms with Gasteiger partial charge in [-0.05, 0) is 38.1 Å². The van der Waals surface area contributed by atoms with Crippen LogP contribution in [0.2, 0.25) is 0 Å². The fourth-order valence-electron chi connectivity index (χ4n) is 2.87. The van der Waals surface area contributed by atoms with Crippen LogP contribution in [0.3, 0.4) is 0 Å². The number of carbonyl (C=O) groups excluding carboxylic acids is 1. The number of sulfone groups is 1. The van der Waals surface area contributed by atoms with E-state index in [1.807, 2.05) is 6.92 Å². The van der Waals surface area contributed by atoms with Gasteiger partial charge in [0, 0.05) is 6.04 Å². The Bertz CT molecular complexity index is 430. The van der Waals surface area contributed by atoms with Crippen LogP contribution in [0.15, 0.2) is 0 Å². The van der Waals surface area contributed by atoms with Gasteiger partial charge in [-0.15, -0.1) is 0 Å². The third-order valence-electron chi connectivity index (χ3n) is 3.89. The SMILES string of the molecule is CCNC1CCC(C)(C)CC1S(=O)(=O)CC(=O)OCC. The molecule has 0 aliphatic heterocycles. The largest absolute Gasteiger partial charge is 0.465 e. The predicted molar refractivity (Wildman–Crippen MR) is 79.3 cm³/mol. The molecular formula is C14H27NO4S. The molecule has 1 fully saturated rings. The second-order valence-electron chi connectivity index (χ2n) is 6.22. The average molecular weight is 305 g/mol. The van der Waals surface area contributed by atoms with Gasteiger partial charge in [0.05, 0.1) is 11.9 Å². The first-order valence-corrected chi connectivity index (χ1v) is 9.04. The third kappa shape index (κ3) is 4.74. The smallest absolute Gasteiger partial charge is 0.321 e. The molecule has 0 aromatic carbocycles. The molecule has 20 heavy (non-hydrogen) atoms. The van der Waals surface area contributed by atoms with Gasteiger partial charge in [-0.25, -0.2) is 8.42 Å². The normalized spacial score (nSPS) is 26.2. The van der Waals surface area contributed by atoms with Crippen LogP contribution >= 0.6 is 0 Å². The first-order chi connectivity index (χ1) is 9.22. The van der Waals surface area contributed by atoms with E-state index in [0.29, 0.717) is 6.42 Å². The van der Waals surface area contributed by atoms with E-state index in [2.05, 4.69) is 19.2 Å². The Labute approximate surface area is 122 Å². The lowest BCUT2D eigenvalue weighted by molar-refractivity contribution is -0.139. The fourth-order valence-corrected chi connectivity index (χ4v) is 4.93. The van der Waals surface area contributed by atoms with E-state index in [0.717, 1.165) is 19.4 Å². The van der Waals surface area contributed by atoms with Crippen LogP contribution in [-0.2, 0) is 19.4 Å². The number of esters is 1. The molecule has 0 bridgehead atoms. The Hall–Kier alpha value is -0.620. The predicted octanol–water partition coefficient (Wildman–Crippen LogP) is 1.52. The molecule has 1 N–H and O–H groups in total. The highest BCUT2D eigenvalue weighted by Gasteiger charge is 2.42. The van der Waals surface area contributed by atoms with Gasteiger partial charge >= 0.3 is 5.97 Å². The van der Waals surface area contributed by atoms with Crippen LogP contribution in [0, 0.1) is 5.41 Å². The van der Waals surface area contributed by atoms with Crippen molar-refractivity contribution in [3.05, 3.63) is 0 Å². The topological polar surface area (TPSA) is 72.5 Å². The Morgan fingerprint density at radius 2 is 2.00 bits per heavy atom. The standard InChI is InChI=1S/C14H27NO4S/c1-5-15-11-7-8-14(3,4)9-12(11)20(17,18)10-13(16)19-6-2/h11-12,15H,5-10H2,1-4H3. The summed E-state index contributed by atoms with van der Waals surface area (Å²) in [5, 5.41) is 2.75. The molecule has 0 heterocycles. The van der Waals surface area contributed by atoms with E-state index in [9.17, 15) is 13.2 Å². The van der Waals surface area contributed by atoms with Crippen molar-refractivity contribution in [2.45, 2.75) is 58.2 Å². The molecule has 0 spiro atoms. The van der Waals surface area contributed by atoms with Crippen LogP contribution in [0.5, 0.6) is 0 Å². The summed E-state index contributed by atoms with van der Waals surface area (Å²) in [5.74, 6) is -1.16. The molecule has 118 valence electrons. The number of hydrogen-bond donors (Lipinski definition) is 1. The van der Waals surface area contributed by atoms with Gasteiger partial charge < -0.3 is 10.1 Å². The molecule has 1 rings (SSSR count). The summed E-state index contributed by atoms with van der Waals surface area (Å²) < 4.78 is 29.8. The van der Waals surface area contributed by atoms with Crippen molar-refractivity contribution in [1.82, 2.24) is 5.32 Å². The first kappa shape index (κ1) is 17.4.